The van der Waals surface area contributed by atoms with Crippen LogP contribution in [-0.4, -0.2) is 94.3 Å². The Hall–Kier alpha value is -4.93. The van der Waals surface area contributed by atoms with E-state index in [1.165, 1.54) is 0 Å². The van der Waals surface area contributed by atoms with Crippen molar-refractivity contribution in [1.29, 1.82) is 0 Å². The van der Waals surface area contributed by atoms with Crippen LogP contribution in [-0.2, 0) is 16.0 Å². The van der Waals surface area contributed by atoms with Crippen molar-refractivity contribution in [3.8, 4) is 23.0 Å². The Bertz CT molecular complexity index is 1500. The summed E-state index contributed by atoms with van der Waals surface area (Å²) in [5, 5.41) is 2.95. The number of amides is 3. The van der Waals surface area contributed by atoms with Crippen LogP contribution in [0.25, 0.3) is 0 Å². The molecule has 2 heterocycles. The molecule has 0 radical (unpaired) electrons. The molecular weight excluding hydrogens is 576 g/mol. The van der Waals surface area contributed by atoms with Crippen molar-refractivity contribution >= 4 is 23.4 Å². The first-order valence-corrected chi connectivity index (χ1v) is 14.9. The van der Waals surface area contributed by atoms with E-state index in [2.05, 4.69) is 10.2 Å². The molecule has 2 aliphatic rings. The van der Waals surface area contributed by atoms with Crippen LogP contribution in [0.5, 0.6) is 23.0 Å². The van der Waals surface area contributed by atoms with Gasteiger partial charge in [0.25, 0.3) is 11.8 Å². The Morgan fingerprint density at radius 1 is 0.822 bits per heavy atom. The van der Waals surface area contributed by atoms with E-state index in [1.807, 2.05) is 48.5 Å². The minimum atomic E-state index is -0.857. The van der Waals surface area contributed by atoms with Gasteiger partial charge in [-0.15, -0.1) is 0 Å². The normalized spacial score (nSPS) is 15.6. The largest absolute Gasteiger partial charge is 0.497 e. The third-order valence-electron chi connectivity index (χ3n) is 8.58. The van der Waals surface area contributed by atoms with E-state index >= 15 is 0 Å². The number of rotatable bonds is 11. The van der Waals surface area contributed by atoms with Crippen molar-refractivity contribution in [3.63, 3.8) is 0 Å². The number of ether oxygens (including phenoxy) is 4. The second-order valence-electron chi connectivity index (χ2n) is 11.1. The van der Waals surface area contributed by atoms with E-state index in [0.29, 0.717) is 67.5 Å². The van der Waals surface area contributed by atoms with Gasteiger partial charge in [-0.05, 0) is 61.2 Å². The molecule has 45 heavy (non-hydrogen) atoms. The van der Waals surface area contributed by atoms with Crippen molar-refractivity contribution in [1.82, 2.24) is 15.1 Å². The van der Waals surface area contributed by atoms with Gasteiger partial charge in [0.15, 0.2) is 11.5 Å². The minimum absolute atomic E-state index is 0.0535. The quantitative estimate of drug-likeness (QED) is 0.350. The molecule has 11 heteroatoms. The van der Waals surface area contributed by atoms with Crippen molar-refractivity contribution in [2.24, 2.45) is 0 Å². The predicted molar refractivity (Wildman–Crippen MR) is 169 cm³/mol. The van der Waals surface area contributed by atoms with Gasteiger partial charge in [0.05, 0.1) is 35.1 Å². The van der Waals surface area contributed by atoms with Gasteiger partial charge in [0.1, 0.15) is 23.6 Å². The number of nitrogens with zero attached hydrogens (tertiary/aromatic N) is 3. The third-order valence-corrected chi connectivity index (χ3v) is 8.58. The first kappa shape index (κ1) is 31.5. The molecule has 0 unspecified atom stereocenters. The smallest absolute Gasteiger partial charge is 0.254 e. The van der Waals surface area contributed by atoms with Crippen molar-refractivity contribution in [3.05, 3.63) is 77.9 Å². The number of hydrogen-bond donors (Lipinski definition) is 1. The Morgan fingerprint density at radius 2 is 1.49 bits per heavy atom. The number of methoxy groups -OCH3 is 4. The summed E-state index contributed by atoms with van der Waals surface area (Å²) in [6, 6.07) is 20.5. The summed E-state index contributed by atoms with van der Waals surface area (Å²) >= 11 is 0. The lowest BCUT2D eigenvalue weighted by molar-refractivity contribution is -0.137. The maximum atomic E-state index is 14.1. The topological polar surface area (TPSA) is 110 Å². The van der Waals surface area contributed by atoms with Gasteiger partial charge in [0, 0.05) is 37.0 Å². The van der Waals surface area contributed by atoms with Gasteiger partial charge in [0.2, 0.25) is 5.91 Å². The molecule has 11 nitrogen and oxygen atoms in total. The molecule has 1 spiro atoms. The van der Waals surface area contributed by atoms with Crippen LogP contribution in [0.2, 0.25) is 0 Å². The predicted octanol–water partition coefficient (Wildman–Crippen LogP) is 3.36. The molecule has 0 saturated carbocycles. The zero-order valence-electron chi connectivity index (χ0n) is 26.2. The van der Waals surface area contributed by atoms with Gasteiger partial charge in [-0.1, -0.05) is 24.3 Å². The van der Waals surface area contributed by atoms with E-state index in [9.17, 15) is 14.4 Å². The highest BCUT2D eigenvalue weighted by molar-refractivity contribution is 5.98. The maximum Gasteiger partial charge on any atom is 0.254 e. The zero-order valence-corrected chi connectivity index (χ0v) is 26.2. The Kier molecular flexibility index (Phi) is 9.65. The SMILES string of the molecule is COc1cc(OC)cc(C(=O)N2CCC3(CC2)C(=O)N(CC(=O)NCCc2ccc(OC)c(OC)c2)CN3c2ccccc2)c1. The number of carbonyl (C=O) groups is 3. The number of anilines is 1. The number of para-hydroxylation sites is 1. The van der Waals surface area contributed by atoms with Gasteiger partial charge < -0.3 is 39.0 Å². The fourth-order valence-electron chi connectivity index (χ4n) is 6.13. The number of benzene rings is 3. The van der Waals surface area contributed by atoms with Crippen LogP contribution in [0.15, 0.2) is 66.7 Å². The highest BCUT2D eigenvalue weighted by atomic mass is 16.5. The molecule has 0 bridgehead atoms. The first-order chi connectivity index (χ1) is 21.8. The zero-order chi connectivity index (χ0) is 32.0. The Morgan fingerprint density at radius 3 is 2.11 bits per heavy atom. The average molecular weight is 617 g/mol. The van der Waals surface area contributed by atoms with Gasteiger partial charge in [-0.25, -0.2) is 0 Å². The molecule has 5 rings (SSSR count). The molecule has 0 atom stereocenters. The average Bonchev–Trinajstić information content (AvgIpc) is 3.34. The summed E-state index contributed by atoms with van der Waals surface area (Å²) in [6.07, 6.45) is 1.47. The highest BCUT2D eigenvalue weighted by Crippen LogP contribution is 2.40. The summed E-state index contributed by atoms with van der Waals surface area (Å²) in [5.74, 6) is 1.86. The van der Waals surface area contributed by atoms with E-state index < -0.39 is 5.54 Å². The molecule has 0 aromatic heterocycles. The summed E-state index contributed by atoms with van der Waals surface area (Å²) in [7, 11) is 6.26. The van der Waals surface area contributed by atoms with Gasteiger partial charge in [-0.3, -0.25) is 14.4 Å². The minimum Gasteiger partial charge on any atom is -0.497 e. The van der Waals surface area contributed by atoms with E-state index in [1.54, 1.807) is 56.4 Å². The maximum absolute atomic E-state index is 14.1. The van der Waals surface area contributed by atoms with Crippen LogP contribution >= 0.6 is 0 Å². The van der Waals surface area contributed by atoms with Crippen molar-refractivity contribution in [2.75, 3.05) is 66.2 Å². The second kappa shape index (κ2) is 13.8. The third kappa shape index (κ3) is 6.62. The monoisotopic (exact) mass is 616 g/mol. The van der Waals surface area contributed by atoms with Crippen molar-refractivity contribution in [2.45, 2.75) is 24.8 Å². The van der Waals surface area contributed by atoms with Crippen LogP contribution in [0, 0.1) is 0 Å². The lowest BCUT2D eigenvalue weighted by Crippen LogP contribution is -2.57. The second-order valence-corrected chi connectivity index (χ2v) is 11.1. The molecule has 1 N–H and O–H groups in total. The summed E-state index contributed by atoms with van der Waals surface area (Å²) in [5.41, 5.74) is 1.50. The summed E-state index contributed by atoms with van der Waals surface area (Å²) in [4.78, 5) is 46.1. The van der Waals surface area contributed by atoms with Crippen LogP contribution in [0.3, 0.4) is 0 Å². The van der Waals surface area contributed by atoms with E-state index in [-0.39, 0.29) is 30.9 Å². The lowest BCUT2D eigenvalue weighted by atomic mass is 9.85. The number of nitrogens with one attached hydrogen (secondary N) is 1. The van der Waals surface area contributed by atoms with E-state index in [4.69, 9.17) is 18.9 Å². The Balaban J connectivity index is 1.25. The molecule has 3 amide bonds. The fourth-order valence-corrected chi connectivity index (χ4v) is 6.13. The standard InChI is InChI=1S/C34H40N4O7/c1-42-27-19-25(20-28(21-27)43-2)32(40)36-16-13-34(14-17-36)33(41)37(23-38(34)26-8-6-5-7-9-26)22-31(39)35-15-12-24-10-11-29(44-3)30(18-24)45-4/h5-11,18-21H,12-17,22-23H2,1-4H3,(H,35,39). The molecule has 3 aromatic rings. The summed E-state index contributed by atoms with van der Waals surface area (Å²) < 4.78 is 21.4. The van der Waals surface area contributed by atoms with Crippen molar-refractivity contribution < 1.29 is 33.3 Å². The number of hydrogen-bond acceptors (Lipinski definition) is 8. The molecule has 0 aliphatic carbocycles. The van der Waals surface area contributed by atoms with Crippen LogP contribution in [0.1, 0.15) is 28.8 Å². The number of likely N-dealkylation sites (tertiary alicyclic amines) is 1. The molecule has 238 valence electrons. The molecule has 2 aliphatic heterocycles. The molecule has 2 saturated heterocycles. The molecular formula is C34H40N4O7. The molecule has 2 fully saturated rings. The lowest BCUT2D eigenvalue weighted by Gasteiger charge is -2.43. The fraction of sp³-hybridized carbons (Fsp3) is 0.382. The Labute approximate surface area is 263 Å². The van der Waals surface area contributed by atoms with Gasteiger partial charge in [-0.2, -0.15) is 0 Å². The van der Waals surface area contributed by atoms with E-state index in [0.717, 1.165) is 11.3 Å². The first-order valence-electron chi connectivity index (χ1n) is 14.9. The van der Waals surface area contributed by atoms with Crippen LogP contribution < -0.4 is 29.2 Å². The molecule has 3 aromatic carbocycles. The van der Waals surface area contributed by atoms with Crippen LogP contribution in [0.4, 0.5) is 5.69 Å². The van der Waals surface area contributed by atoms with Gasteiger partial charge >= 0.3 is 0 Å². The number of carbonyl (C=O) groups excluding carboxylic acids is 3. The summed E-state index contributed by atoms with van der Waals surface area (Å²) in [6.45, 7) is 1.42. The highest BCUT2D eigenvalue weighted by Gasteiger charge is 2.54. The number of piperidine rings is 1.